The zero-order valence-electron chi connectivity index (χ0n) is 10.9. The molecule has 2 N–H and O–H groups in total. The molecular weight excluding hydrogens is 238 g/mol. The highest BCUT2D eigenvalue weighted by molar-refractivity contribution is 6.71. The Kier molecular flexibility index (Phi) is 7.82. The minimum absolute atomic E-state index is 0.0572. The third-order valence-electron chi connectivity index (χ3n) is 2.38. The fourth-order valence-corrected chi connectivity index (χ4v) is 3.47. The van der Waals surface area contributed by atoms with E-state index >= 15 is 0 Å². The number of amides is 1. The molecule has 0 bridgehead atoms. The van der Waals surface area contributed by atoms with Crippen molar-refractivity contribution in [1.82, 2.24) is 5.32 Å². The Labute approximate surface area is 104 Å². The van der Waals surface area contributed by atoms with Crippen LogP contribution in [0.3, 0.4) is 0 Å². The molecule has 0 aliphatic heterocycles. The minimum atomic E-state index is -1.56. The number of rotatable bonds is 9. The van der Waals surface area contributed by atoms with Gasteiger partial charge in [-0.25, -0.2) is 0 Å². The van der Waals surface area contributed by atoms with Gasteiger partial charge in [-0.15, -0.1) is 0 Å². The van der Waals surface area contributed by atoms with Crippen LogP contribution in [0.4, 0.5) is 0 Å². The van der Waals surface area contributed by atoms with Crippen molar-refractivity contribution in [2.75, 3.05) is 13.2 Å². The lowest BCUT2D eigenvalue weighted by molar-refractivity contribution is -0.138. The zero-order chi connectivity index (χ0) is 13.3. The van der Waals surface area contributed by atoms with Crippen LogP contribution < -0.4 is 5.32 Å². The smallest absolute Gasteiger partial charge is 0.303 e. The van der Waals surface area contributed by atoms with Gasteiger partial charge in [-0.2, -0.15) is 0 Å². The molecule has 0 heterocycles. The number of hydrogen-bond donors (Lipinski definition) is 2. The summed E-state index contributed by atoms with van der Waals surface area (Å²) in [6, 6.07) is 1.00. The van der Waals surface area contributed by atoms with Crippen LogP contribution in [-0.4, -0.2) is 38.5 Å². The number of hydrogen-bond acceptors (Lipinski definition) is 3. The number of nitrogens with one attached hydrogen (secondary N) is 1. The van der Waals surface area contributed by atoms with Gasteiger partial charge in [0.2, 0.25) is 5.91 Å². The predicted molar refractivity (Wildman–Crippen MR) is 68.4 cm³/mol. The highest BCUT2D eigenvalue weighted by atomic mass is 28.4. The van der Waals surface area contributed by atoms with Crippen LogP contribution in [0.2, 0.25) is 19.1 Å². The van der Waals surface area contributed by atoms with Gasteiger partial charge in [0, 0.05) is 19.6 Å². The third kappa shape index (κ3) is 10.0. The average molecular weight is 261 g/mol. The summed E-state index contributed by atoms with van der Waals surface area (Å²) < 4.78 is 5.66. The van der Waals surface area contributed by atoms with Crippen molar-refractivity contribution in [3.8, 4) is 0 Å². The van der Waals surface area contributed by atoms with Crippen LogP contribution >= 0.6 is 0 Å². The van der Waals surface area contributed by atoms with Gasteiger partial charge < -0.3 is 14.8 Å². The molecule has 0 saturated carbocycles. The Morgan fingerprint density at radius 1 is 1.29 bits per heavy atom. The molecule has 17 heavy (non-hydrogen) atoms. The quantitative estimate of drug-likeness (QED) is 0.488. The van der Waals surface area contributed by atoms with Gasteiger partial charge in [-0.1, -0.05) is 0 Å². The van der Waals surface area contributed by atoms with Gasteiger partial charge in [-0.05, 0) is 32.5 Å². The fourth-order valence-electron chi connectivity index (χ4n) is 1.51. The minimum Gasteiger partial charge on any atom is -0.481 e. The van der Waals surface area contributed by atoms with Crippen LogP contribution in [-0.2, 0) is 14.0 Å². The maximum atomic E-state index is 11.2. The second kappa shape index (κ2) is 8.24. The van der Waals surface area contributed by atoms with Crippen molar-refractivity contribution in [3.63, 3.8) is 0 Å². The van der Waals surface area contributed by atoms with E-state index in [2.05, 4.69) is 18.4 Å². The standard InChI is InChI=1S/C11H23NO4Si/c1-4-16-17(2,3)9-5-8-12-10(13)6-7-11(14)15/h4-9H2,1-3H3,(H,12,13)(H,14,15). The van der Waals surface area contributed by atoms with Gasteiger partial charge in [-0.3, -0.25) is 9.59 Å². The fraction of sp³-hybridized carbons (Fsp3) is 0.818. The van der Waals surface area contributed by atoms with Crippen molar-refractivity contribution >= 4 is 20.2 Å². The average Bonchev–Trinajstić information content (AvgIpc) is 2.21. The Morgan fingerprint density at radius 2 is 1.94 bits per heavy atom. The first-order valence-corrected chi connectivity index (χ1v) is 9.11. The summed E-state index contributed by atoms with van der Waals surface area (Å²) in [5.74, 6) is -1.13. The summed E-state index contributed by atoms with van der Waals surface area (Å²) in [5, 5.41) is 11.1. The van der Waals surface area contributed by atoms with E-state index in [9.17, 15) is 9.59 Å². The Morgan fingerprint density at radius 3 is 2.47 bits per heavy atom. The maximum Gasteiger partial charge on any atom is 0.303 e. The van der Waals surface area contributed by atoms with E-state index in [1.807, 2.05) is 6.92 Å². The number of carboxylic acids is 1. The summed E-state index contributed by atoms with van der Waals surface area (Å²) in [6.07, 6.45) is 0.838. The van der Waals surface area contributed by atoms with Crippen LogP contribution in [0.1, 0.15) is 26.2 Å². The molecule has 0 aliphatic rings. The second-order valence-corrected chi connectivity index (χ2v) is 8.85. The van der Waals surface area contributed by atoms with Crippen LogP contribution in [0.15, 0.2) is 0 Å². The molecule has 0 radical (unpaired) electrons. The lowest BCUT2D eigenvalue weighted by Crippen LogP contribution is -2.32. The van der Waals surface area contributed by atoms with E-state index in [0.29, 0.717) is 6.54 Å². The second-order valence-electron chi connectivity index (χ2n) is 4.54. The number of carbonyl (C=O) groups is 2. The topological polar surface area (TPSA) is 75.6 Å². The van der Waals surface area contributed by atoms with E-state index in [0.717, 1.165) is 19.1 Å². The molecular formula is C11H23NO4Si. The highest BCUT2D eigenvalue weighted by Crippen LogP contribution is 2.12. The zero-order valence-corrected chi connectivity index (χ0v) is 11.9. The van der Waals surface area contributed by atoms with Crippen molar-refractivity contribution < 1.29 is 19.1 Å². The summed E-state index contributed by atoms with van der Waals surface area (Å²) in [4.78, 5) is 21.4. The Balaban J connectivity index is 3.57. The first kappa shape index (κ1) is 16.1. The molecule has 0 fully saturated rings. The first-order chi connectivity index (χ1) is 7.87. The van der Waals surface area contributed by atoms with Crippen molar-refractivity contribution in [2.45, 2.75) is 45.3 Å². The van der Waals surface area contributed by atoms with Gasteiger partial charge in [0.15, 0.2) is 8.32 Å². The van der Waals surface area contributed by atoms with Crippen LogP contribution in [0.5, 0.6) is 0 Å². The van der Waals surface area contributed by atoms with Gasteiger partial charge in [0.1, 0.15) is 0 Å². The molecule has 6 heteroatoms. The Bertz CT molecular complexity index is 256. The van der Waals surface area contributed by atoms with Crippen molar-refractivity contribution in [1.29, 1.82) is 0 Å². The number of carbonyl (C=O) groups excluding carboxylic acids is 1. The lowest BCUT2D eigenvalue weighted by atomic mass is 10.3. The molecule has 0 aromatic rings. The largest absolute Gasteiger partial charge is 0.481 e. The first-order valence-electron chi connectivity index (χ1n) is 6.00. The molecule has 0 aromatic heterocycles. The van der Waals surface area contributed by atoms with Crippen molar-refractivity contribution in [3.05, 3.63) is 0 Å². The molecule has 100 valence electrons. The van der Waals surface area contributed by atoms with Crippen LogP contribution in [0, 0.1) is 0 Å². The normalized spacial score (nSPS) is 11.2. The van der Waals surface area contributed by atoms with E-state index in [1.165, 1.54) is 0 Å². The summed E-state index contributed by atoms with van der Waals surface area (Å²) in [7, 11) is -1.56. The van der Waals surface area contributed by atoms with E-state index < -0.39 is 14.3 Å². The van der Waals surface area contributed by atoms with Gasteiger partial charge in [0.05, 0.1) is 6.42 Å². The van der Waals surface area contributed by atoms with Gasteiger partial charge >= 0.3 is 5.97 Å². The lowest BCUT2D eigenvalue weighted by Gasteiger charge is -2.21. The van der Waals surface area contributed by atoms with Gasteiger partial charge in [0.25, 0.3) is 0 Å². The third-order valence-corrected chi connectivity index (χ3v) is 5.01. The molecule has 1 amide bonds. The van der Waals surface area contributed by atoms with Crippen molar-refractivity contribution in [2.24, 2.45) is 0 Å². The molecule has 0 unspecified atom stereocenters. The Hall–Kier alpha value is -0.883. The maximum absolute atomic E-state index is 11.2. The van der Waals surface area contributed by atoms with Crippen LogP contribution in [0.25, 0.3) is 0 Å². The monoisotopic (exact) mass is 261 g/mol. The highest BCUT2D eigenvalue weighted by Gasteiger charge is 2.20. The van der Waals surface area contributed by atoms with E-state index in [1.54, 1.807) is 0 Å². The molecule has 5 nitrogen and oxygen atoms in total. The predicted octanol–water partition coefficient (Wildman–Crippen LogP) is 1.60. The van der Waals surface area contributed by atoms with E-state index in [-0.39, 0.29) is 18.7 Å². The SMILES string of the molecule is CCO[Si](C)(C)CCCNC(=O)CCC(=O)O. The number of aliphatic carboxylic acids is 1. The summed E-state index contributed by atoms with van der Waals surface area (Å²) in [5.41, 5.74) is 0. The summed E-state index contributed by atoms with van der Waals surface area (Å²) >= 11 is 0. The molecule has 0 aliphatic carbocycles. The van der Waals surface area contributed by atoms with E-state index in [4.69, 9.17) is 9.53 Å². The summed E-state index contributed by atoms with van der Waals surface area (Å²) in [6.45, 7) is 7.64. The molecule has 0 aromatic carbocycles. The molecule has 0 rings (SSSR count). The molecule has 0 spiro atoms. The molecule has 0 atom stereocenters. The number of carboxylic acid groups (broad SMARTS) is 1. The molecule has 0 saturated heterocycles.